The number of ether oxygens (including phenoxy) is 1. The number of amidine groups is 1. The molecular weight excluding hydrogens is 586 g/mol. The van der Waals surface area contributed by atoms with Gasteiger partial charge in [0.1, 0.15) is 52.2 Å². The van der Waals surface area contributed by atoms with Crippen LogP contribution in [0.4, 0.5) is 23.2 Å². The zero-order valence-corrected chi connectivity index (χ0v) is 25.6. The van der Waals surface area contributed by atoms with Gasteiger partial charge in [0.15, 0.2) is 0 Å². The minimum atomic E-state index is -1.09. The molecule has 0 heterocycles. The Bertz CT molecular complexity index is 1650. The van der Waals surface area contributed by atoms with Crippen LogP contribution in [-0.2, 0) is 16.0 Å². The molecule has 0 spiro atoms. The Kier molecular flexibility index (Phi) is 11.7. The predicted octanol–water partition coefficient (Wildman–Crippen LogP) is 7.42. The molecule has 0 saturated heterocycles. The van der Waals surface area contributed by atoms with Crippen molar-refractivity contribution in [2.24, 2.45) is 0 Å². The average molecular weight is 622 g/mol. The van der Waals surface area contributed by atoms with Crippen molar-refractivity contribution in [3.05, 3.63) is 118 Å². The lowest BCUT2D eigenvalue weighted by Gasteiger charge is -2.25. The molecule has 0 amide bonds. The number of rotatable bonds is 10. The summed E-state index contributed by atoms with van der Waals surface area (Å²) in [5, 5.41) is 22.6. The number of halogens is 4. The molecule has 45 heavy (non-hydrogen) atoms. The molecular formula is C35H35F4N3O3. The second-order valence-electron chi connectivity index (χ2n) is 11.0. The number of allylic oxidation sites excluding steroid dienone is 1. The van der Waals surface area contributed by atoms with Crippen molar-refractivity contribution < 1.29 is 32.2 Å². The van der Waals surface area contributed by atoms with Crippen LogP contribution in [0.1, 0.15) is 50.4 Å². The molecule has 0 aliphatic heterocycles. The van der Waals surface area contributed by atoms with E-state index in [9.17, 15) is 18.7 Å². The quantitative estimate of drug-likeness (QED) is 0.0417. The van der Waals surface area contributed by atoms with Gasteiger partial charge in [-0.1, -0.05) is 36.3 Å². The summed E-state index contributed by atoms with van der Waals surface area (Å²) < 4.78 is 64.2. The molecule has 0 aromatic heterocycles. The molecule has 0 radical (unpaired) electrons. The maximum atomic E-state index is 15.4. The van der Waals surface area contributed by atoms with E-state index in [-0.39, 0.29) is 24.1 Å². The standard InChI is InChI=1S/C35H35F4N3O3/c1-6-7-9-14-26(32(43)25-16-15-24(36)21-27(25)37)33(40)42(5)31-28(38)19-22(20-29(31)39)17-18-41-30(23-12-10-8-11-13-23)34(44)45-35(2,3)4/h8-16,19-21,30,40-41,43H,17-18H2,1-5H3/b14-9-,32-26?,40-33?/t30-/m0/s1. The van der Waals surface area contributed by atoms with Crippen molar-refractivity contribution in [2.45, 2.75) is 45.8 Å². The van der Waals surface area contributed by atoms with Gasteiger partial charge in [-0.15, -0.1) is 5.92 Å². The average Bonchev–Trinajstić information content (AvgIpc) is 2.96. The van der Waals surface area contributed by atoms with E-state index in [1.165, 1.54) is 19.2 Å². The number of anilines is 1. The fraction of sp³-hybridized carbons (Fsp3) is 0.257. The first kappa shape index (κ1) is 34.6. The van der Waals surface area contributed by atoms with Crippen molar-refractivity contribution in [1.82, 2.24) is 5.32 Å². The predicted molar refractivity (Wildman–Crippen MR) is 168 cm³/mol. The summed E-state index contributed by atoms with van der Waals surface area (Å²) in [6.45, 7) is 7.00. The highest BCUT2D eigenvalue weighted by Gasteiger charge is 2.27. The maximum Gasteiger partial charge on any atom is 0.328 e. The van der Waals surface area contributed by atoms with Gasteiger partial charge < -0.3 is 20.1 Å². The largest absolute Gasteiger partial charge is 0.506 e. The van der Waals surface area contributed by atoms with Crippen molar-refractivity contribution in [3.8, 4) is 11.8 Å². The van der Waals surface area contributed by atoms with Gasteiger partial charge in [-0.25, -0.2) is 22.4 Å². The van der Waals surface area contributed by atoms with Crippen LogP contribution in [0.3, 0.4) is 0 Å². The van der Waals surface area contributed by atoms with E-state index in [1.54, 1.807) is 52.0 Å². The van der Waals surface area contributed by atoms with Crippen LogP contribution in [-0.4, -0.2) is 36.1 Å². The van der Waals surface area contributed by atoms with Crippen molar-refractivity contribution in [3.63, 3.8) is 0 Å². The fourth-order valence-electron chi connectivity index (χ4n) is 4.38. The molecule has 3 aromatic rings. The van der Waals surface area contributed by atoms with Crippen LogP contribution in [0.15, 0.2) is 78.4 Å². The van der Waals surface area contributed by atoms with Gasteiger partial charge in [0, 0.05) is 19.7 Å². The molecule has 0 unspecified atom stereocenters. The highest BCUT2D eigenvalue weighted by atomic mass is 19.1. The van der Waals surface area contributed by atoms with E-state index < -0.39 is 63.7 Å². The van der Waals surface area contributed by atoms with Crippen molar-refractivity contribution in [1.29, 1.82) is 5.41 Å². The first-order chi connectivity index (χ1) is 21.2. The lowest BCUT2D eigenvalue weighted by molar-refractivity contribution is -0.157. The molecule has 0 fully saturated rings. The number of esters is 1. The number of hydrogen-bond acceptors (Lipinski definition) is 5. The number of aliphatic hydroxyl groups excluding tert-OH is 1. The second-order valence-corrected chi connectivity index (χ2v) is 11.0. The number of carbonyl (C=O) groups excluding carboxylic acids is 1. The number of nitrogens with one attached hydrogen (secondary N) is 2. The molecule has 10 heteroatoms. The zero-order chi connectivity index (χ0) is 33.3. The van der Waals surface area contributed by atoms with E-state index >= 15 is 8.78 Å². The van der Waals surface area contributed by atoms with E-state index in [4.69, 9.17) is 10.1 Å². The number of carbonyl (C=O) groups is 1. The summed E-state index contributed by atoms with van der Waals surface area (Å²) in [6.07, 6.45) is 2.62. The van der Waals surface area contributed by atoms with Gasteiger partial charge in [0.05, 0.1) is 11.1 Å². The number of aliphatic hydroxyl groups is 1. The van der Waals surface area contributed by atoms with Gasteiger partial charge in [-0.3, -0.25) is 5.41 Å². The first-order valence-corrected chi connectivity index (χ1v) is 14.0. The van der Waals surface area contributed by atoms with Crippen LogP contribution >= 0.6 is 0 Å². The van der Waals surface area contributed by atoms with Gasteiger partial charge in [-0.2, -0.15) is 0 Å². The topological polar surface area (TPSA) is 85.7 Å². The van der Waals surface area contributed by atoms with Crippen molar-refractivity contribution in [2.75, 3.05) is 18.5 Å². The summed E-state index contributed by atoms with van der Waals surface area (Å²) in [7, 11) is 1.21. The Hall–Kier alpha value is -4.88. The van der Waals surface area contributed by atoms with Gasteiger partial charge in [0.2, 0.25) is 0 Å². The van der Waals surface area contributed by atoms with E-state index in [1.807, 2.05) is 6.07 Å². The maximum absolute atomic E-state index is 15.4. The van der Waals surface area contributed by atoms with Gasteiger partial charge in [0.25, 0.3) is 0 Å². The summed E-state index contributed by atoms with van der Waals surface area (Å²) >= 11 is 0. The highest BCUT2D eigenvalue weighted by Crippen LogP contribution is 2.29. The number of likely N-dealkylation sites (N-methyl/N-ethyl adjacent to an activating group) is 1. The molecule has 0 aliphatic rings. The summed E-state index contributed by atoms with van der Waals surface area (Å²) in [6, 6.07) is 12.8. The van der Waals surface area contributed by atoms with E-state index in [0.29, 0.717) is 11.6 Å². The minimum absolute atomic E-state index is 0.148. The Morgan fingerprint density at radius 2 is 1.69 bits per heavy atom. The van der Waals surface area contributed by atoms with E-state index in [2.05, 4.69) is 17.2 Å². The van der Waals surface area contributed by atoms with Gasteiger partial charge in [-0.05, 0) is 81.7 Å². The Morgan fingerprint density at radius 3 is 2.27 bits per heavy atom. The number of benzene rings is 3. The fourth-order valence-corrected chi connectivity index (χ4v) is 4.38. The summed E-state index contributed by atoms with van der Waals surface area (Å²) in [5.41, 5.74) is -1.08. The molecule has 0 bridgehead atoms. The molecule has 236 valence electrons. The zero-order valence-electron chi connectivity index (χ0n) is 25.6. The molecule has 0 aliphatic carbocycles. The molecule has 3 rings (SSSR count). The Labute approximate surface area is 260 Å². The Morgan fingerprint density at radius 1 is 1.04 bits per heavy atom. The molecule has 3 N–H and O–H groups in total. The third-order valence-corrected chi connectivity index (χ3v) is 6.46. The molecule has 1 atom stereocenters. The highest BCUT2D eigenvalue weighted by molar-refractivity contribution is 6.13. The lowest BCUT2D eigenvalue weighted by Crippen LogP contribution is -2.36. The van der Waals surface area contributed by atoms with Crippen LogP contribution in [0.2, 0.25) is 0 Å². The normalized spacial score (nSPS) is 12.6. The SMILES string of the molecule is CC#C/C=C\C(C(=N)N(C)c1c(F)cc(CCN[C@H](C(=O)OC(C)(C)C)c2ccccc2)cc1F)=C(O)c1ccc(F)cc1F. The summed E-state index contributed by atoms with van der Waals surface area (Å²) in [5.74, 6) is -0.577. The number of hydrogen-bond donors (Lipinski definition) is 3. The van der Waals surface area contributed by atoms with Gasteiger partial charge >= 0.3 is 5.97 Å². The lowest BCUT2D eigenvalue weighted by atomic mass is 10.0. The van der Waals surface area contributed by atoms with Crippen LogP contribution in [0, 0.1) is 40.5 Å². The van der Waals surface area contributed by atoms with Crippen LogP contribution in [0.5, 0.6) is 0 Å². The monoisotopic (exact) mass is 621 g/mol. The minimum Gasteiger partial charge on any atom is -0.506 e. The smallest absolute Gasteiger partial charge is 0.328 e. The van der Waals surface area contributed by atoms with Crippen LogP contribution < -0.4 is 10.2 Å². The van der Waals surface area contributed by atoms with Crippen molar-refractivity contribution >= 4 is 23.3 Å². The first-order valence-electron chi connectivity index (χ1n) is 14.0. The van der Waals surface area contributed by atoms with E-state index in [0.717, 1.165) is 29.2 Å². The van der Waals surface area contributed by atoms with Crippen LogP contribution in [0.25, 0.3) is 5.76 Å². The third-order valence-electron chi connectivity index (χ3n) is 6.46. The third kappa shape index (κ3) is 9.30. The summed E-state index contributed by atoms with van der Waals surface area (Å²) in [4.78, 5) is 13.8. The second kappa shape index (κ2) is 15.2. The molecule has 3 aromatic carbocycles. The molecule has 6 nitrogen and oxygen atoms in total. The molecule has 0 saturated carbocycles. The number of nitrogens with zero attached hydrogens (tertiary/aromatic N) is 1. The Balaban J connectivity index is 1.86.